The van der Waals surface area contributed by atoms with Crippen molar-refractivity contribution in [1.82, 2.24) is 5.32 Å². The second-order valence-corrected chi connectivity index (χ2v) is 8.93. The number of amides is 1. The molecule has 0 saturated heterocycles. The number of carbonyl (C=O) groups excluding carboxylic acids is 1. The van der Waals surface area contributed by atoms with Gasteiger partial charge in [-0.25, -0.2) is 8.42 Å². The third kappa shape index (κ3) is 5.39. The van der Waals surface area contributed by atoms with Crippen LogP contribution in [0.3, 0.4) is 0 Å². The van der Waals surface area contributed by atoms with Crippen molar-refractivity contribution < 1.29 is 13.2 Å². The standard InChI is InChI=1S/C23H25N3O3S/c1-17-7-13-22(14-8-17)30(28,29)25-20-6-4-5-19(15-20)23(27)24-16-18-9-11-21(12-10-18)26(2)3/h4-15,25H,16H2,1-3H3,(H,24,27). The predicted molar refractivity (Wildman–Crippen MR) is 120 cm³/mol. The summed E-state index contributed by atoms with van der Waals surface area (Å²) in [6.07, 6.45) is 0. The number of hydrogen-bond donors (Lipinski definition) is 2. The molecule has 0 bridgehead atoms. The van der Waals surface area contributed by atoms with E-state index in [1.807, 2.05) is 50.2 Å². The maximum Gasteiger partial charge on any atom is 0.261 e. The van der Waals surface area contributed by atoms with Crippen LogP contribution >= 0.6 is 0 Å². The molecule has 3 rings (SSSR count). The molecule has 0 aliphatic rings. The molecule has 0 atom stereocenters. The molecule has 0 aromatic heterocycles. The van der Waals surface area contributed by atoms with Gasteiger partial charge in [0, 0.05) is 37.6 Å². The molecular weight excluding hydrogens is 398 g/mol. The Morgan fingerprint density at radius 1 is 0.933 bits per heavy atom. The van der Waals surface area contributed by atoms with Gasteiger partial charge in [-0.1, -0.05) is 35.9 Å². The number of nitrogens with one attached hydrogen (secondary N) is 2. The van der Waals surface area contributed by atoms with Crippen LogP contribution in [0.4, 0.5) is 11.4 Å². The highest BCUT2D eigenvalue weighted by Gasteiger charge is 2.15. The molecule has 1 amide bonds. The SMILES string of the molecule is Cc1ccc(S(=O)(=O)Nc2cccc(C(=O)NCc3ccc(N(C)C)cc3)c2)cc1. The lowest BCUT2D eigenvalue weighted by Crippen LogP contribution is -2.23. The number of benzene rings is 3. The van der Waals surface area contributed by atoms with E-state index in [1.165, 1.54) is 6.07 Å². The molecule has 0 heterocycles. The normalized spacial score (nSPS) is 11.0. The minimum absolute atomic E-state index is 0.170. The second kappa shape index (κ2) is 9.00. The smallest absolute Gasteiger partial charge is 0.261 e. The molecule has 0 aliphatic heterocycles. The maximum absolute atomic E-state index is 12.6. The Morgan fingerprint density at radius 2 is 1.60 bits per heavy atom. The summed E-state index contributed by atoms with van der Waals surface area (Å²) in [7, 11) is 0.213. The summed E-state index contributed by atoms with van der Waals surface area (Å²) < 4.78 is 27.7. The van der Waals surface area contributed by atoms with E-state index in [1.54, 1.807) is 42.5 Å². The fraction of sp³-hybridized carbons (Fsp3) is 0.174. The van der Waals surface area contributed by atoms with Crippen LogP contribution in [0.15, 0.2) is 77.7 Å². The molecule has 0 unspecified atom stereocenters. The minimum atomic E-state index is -3.72. The summed E-state index contributed by atoms with van der Waals surface area (Å²) in [6.45, 7) is 2.27. The van der Waals surface area contributed by atoms with E-state index in [4.69, 9.17) is 0 Å². The van der Waals surface area contributed by atoms with Gasteiger partial charge >= 0.3 is 0 Å². The molecule has 30 heavy (non-hydrogen) atoms. The van der Waals surface area contributed by atoms with Crippen LogP contribution in [0.25, 0.3) is 0 Å². The predicted octanol–water partition coefficient (Wildman–Crippen LogP) is 3.79. The van der Waals surface area contributed by atoms with E-state index in [0.29, 0.717) is 17.8 Å². The van der Waals surface area contributed by atoms with Crippen LogP contribution in [0, 0.1) is 6.92 Å². The molecule has 2 N–H and O–H groups in total. The van der Waals surface area contributed by atoms with Crippen molar-refractivity contribution in [3.63, 3.8) is 0 Å². The highest BCUT2D eigenvalue weighted by atomic mass is 32.2. The Kier molecular flexibility index (Phi) is 6.42. The summed E-state index contributed by atoms with van der Waals surface area (Å²) in [5.74, 6) is -0.275. The maximum atomic E-state index is 12.6. The molecule has 7 heteroatoms. The van der Waals surface area contributed by atoms with E-state index in [-0.39, 0.29) is 10.8 Å². The molecule has 0 spiro atoms. The van der Waals surface area contributed by atoms with Crippen LogP contribution in [0.2, 0.25) is 0 Å². The van der Waals surface area contributed by atoms with Crippen molar-refractivity contribution >= 4 is 27.3 Å². The van der Waals surface area contributed by atoms with Gasteiger partial charge in [0.25, 0.3) is 15.9 Å². The monoisotopic (exact) mass is 423 g/mol. The topological polar surface area (TPSA) is 78.5 Å². The van der Waals surface area contributed by atoms with Crippen molar-refractivity contribution in [2.45, 2.75) is 18.4 Å². The molecular formula is C23H25N3O3S. The Bertz CT molecular complexity index is 1120. The zero-order valence-electron chi connectivity index (χ0n) is 17.2. The van der Waals surface area contributed by atoms with Crippen molar-refractivity contribution in [1.29, 1.82) is 0 Å². The third-order valence-electron chi connectivity index (χ3n) is 4.61. The van der Waals surface area contributed by atoms with Gasteiger partial charge in [0.15, 0.2) is 0 Å². The lowest BCUT2D eigenvalue weighted by atomic mass is 10.1. The number of aryl methyl sites for hydroxylation is 1. The van der Waals surface area contributed by atoms with Crippen LogP contribution < -0.4 is 14.9 Å². The van der Waals surface area contributed by atoms with Crippen molar-refractivity contribution in [2.75, 3.05) is 23.7 Å². The lowest BCUT2D eigenvalue weighted by molar-refractivity contribution is 0.0951. The quantitative estimate of drug-likeness (QED) is 0.606. The fourth-order valence-corrected chi connectivity index (χ4v) is 3.90. The second-order valence-electron chi connectivity index (χ2n) is 7.24. The summed E-state index contributed by atoms with van der Waals surface area (Å²) in [5.41, 5.74) is 3.75. The molecule has 6 nitrogen and oxygen atoms in total. The zero-order chi connectivity index (χ0) is 21.7. The Labute approximate surface area is 177 Å². The number of rotatable bonds is 7. The first-order valence-electron chi connectivity index (χ1n) is 9.48. The lowest BCUT2D eigenvalue weighted by Gasteiger charge is -2.13. The van der Waals surface area contributed by atoms with Crippen LogP contribution in [-0.4, -0.2) is 28.4 Å². The molecule has 156 valence electrons. The van der Waals surface area contributed by atoms with Gasteiger partial charge in [0.05, 0.1) is 4.90 Å². The van der Waals surface area contributed by atoms with E-state index >= 15 is 0 Å². The molecule has 3 aromatic carbocycles. The van der Waals surface area contributed by atoms with Gasteiger partial charge < -0.3 is 10.2 Å². The number of sulfonamides is 1. The Hall–Kier alpha value is -3.32. The number of hydrogen-bond acceptors (Lipinski definition) is 4. The molecule has 0 fully saturated rings. The van der Waals surface area contributed by atoms with E-state index in [9.17, 15) is 13.2 Å². The van der Waals surface area contributed by atoms with E-state index in [2.05, 4.69) is 10.0 Å². The largest absolute Gasteiger partial charge is 0.378 e. The van der Waals surface area contributed by atoms with Crippen LogP contribution in [0.5, 0.6) is 0 Å². The fourth-order valence-electron chi connectivity index (χ4n) is 2.85. The third-order valence-corrected chi connectivity index (χ3v) is 6.01. The van der Waals surface area contributed by atoms with Crippen molar-refractivity contribution in [2.24, 2.45) is 0 Å². The Morgan fingerprint density at radius 3 is 2.23 bits per heavy atom. The summed E-state index contributed by atoms with van der Waals surface area (Å²) >= 11 is 0. The van der Waals surface area contributed by atoms with Gasteiger partial charge in [-0.15, -0.1) is 0 Å². The van der Waals surface area contributed by atoms with Crippen molar-refractivity contribution in [3.8, 4) is 0 Å². The van der Waals surface area contributed by atoms with E-state index < -0.39 is 10.0 Å². The minimum Gasteiger partial charge on any atom is -0.378 e. The first-order valence-corrected chi connectivity index (χ1v) is 11.0. The summed E-state index contributed by atoms with van der Waals surface area (Å²) in [5, 5.41) is 2.86. The first kappa shape index (κ1) is 21.4. The van der Waals surface area contributed by atoms with Gasteiger partial charge in [-0.3, -0.25) is 9.52 Å². The van der Waals surface area contributed by atoms with E-state index in [0.717, 1.165) is 16.8 Å². The van der Waals surface area contributed by atoms with Gasteiger partial charge in [0.2, 0.25) is 0 Å². The van der Waals surface area contributed by atoms with Crippen LogP contribution in [-0.2, 0) is 16.6 Å². The summed E-state index contributed by atoms with van der Waals surface area (Å²) in [6, 6.07) is 20.9. The number of anilines is 2. The highest BCUT2D eigenvalue weighted by molar-refractivity contribution is 7.92. The first-order chi connectivity index (χ1) is 14.2. The number of nitrogens with zero attached hydrogens (tertiary/aromatic N) is 1. The Balaban J connectivity index is 1.67. The number of carbonyl (C=O) groups is 1. The van der Waals surface area contributed by atoms with Gasteiger partial charge in [-0.05, 0) is 55.0 Å². The molecule has 0 aliphatic carbocycles. The molecule has 0 saturated carbocycles. The average molecular weight is 424 g/mol. The highest BCUT2D eigenvalue weighted by Crippen LogP contribution is 2.18. The molecule has 0 radical (unpaired) electrons. The van der Waals surface area contributed by atoms with Crippen LogP contribution in [0.1, 0.15) is 21.5 Å². The van der Waals surface area contributed by atoms with Crippen molar-refractivity contribution in [3.05, 3.63) is 89.5 Å². The van der Waals surface area contributed by atoms with Gasteiger partial charge in [0.1, 0.15) is 0 Å². The average Bonchev–Trinajstić information content (AvgIpc) is 2.72. The van der Waals surface area contributed by atoms with Gasteiger partial charge in [-0.2, -0.15) is 0 Å². The zero-order valence-corrected chi connectivity index (χ0v) is 18.0. The summed E-state index contributed by atoms with van der Waals surface area (Å²) in [4.78, 5) is 14.7. The molecule has 3 aromatic rings.